The number of likely N-dealkylation sites (tertiary alicyclic amines) is 1. The van der Waals surface area contributed by atoms with Crippen molar-refractivity contribution in [3.8, 4) is 39.1 Å². The molecule has 1 fully saturated rings. The van der Waals surface area contributed by atoms with Gasteiger partial charge < -0.3 is 31.4 Å². The second-order valence-corrected chi connectivity index (χ2v) is 11.9. The van der Waals surface area contributed by atoms with E-state index in [0.29, 0.717) is 22.8 Å². The first kappa shape index (κ1) is 30.3. The predicted octanol–water partition coefficient (Wildman–Crippen LogP) is 6.36. The van der Waals surface area contributed by atoms with Crippen LogP contribution in [-0.4, -0.2) is 48.4 Å². The van der Waals surface area contributed by atoms with Gasteiger partial charge in [0.2, 0.25) is 0 Å². The number of nitrogens with two attached hydrogens (primary N) is 3. The first-order valence-corrected chi connectivity index (χ1v) is 14.4. The van der Waals surface area contributed by atoms with Crippen LogP contribution in [0.15, 0.2) is 84.9 Å². The van der Waals surface area contributed by atoms with E-state index in [1.807, 2.05) is 72.8 Å². The number of nitrogens with zero attached hydrogens (tertiary/aromatic N) is 1. The van der Waals surface area contributed by atoms with E-state index in [-0.39, 0.29) is 13.0 Å². The van der Waals surface area contributed by atoms with Crippen LogP contribution in [0, 0.1) is 0 Å². The zero-order valence-electron chi connectivity index (χ0n) is 25.4. The monoisotopic (exact) mass is 594 g/mol. The van der Waals surface area contributed by atoms with E-state index in [4.69, 9.17) is 31.4 Å². The van der Waals surface area contributed by atoms with Gasteiger partial charge in [0.15, 0.2) is 0 Å². The summed E-state index contributed by atoms with van der Waals surface area (Å²) < 4.78 is 17.5. The number of anilines is 3. The van der Waals surface area contributed by atoms with Gasteiger partial charge in [-0.1, -0.05) is 36.4 Å². The highest BCUT2D eigenvalue weighted by molar-refractivity contribution is 5.89. The number of carbonyl (C=O) groups excluding carboxylic acids is 2. The van der Waals surface area contributed by atoms with Crippen LogP contribution < -0.4 is 21.9 Å². The highest BCUT2D eigenvalue weighted by Crippen LogP contribution is 2.44. The lowest BCUT2D eigenvalue weighted by Crippen LogP contribution is -2.44. The van der Waals surface area contributed by atoms with Gasteiger partial charge >= 0.3 is 12.1 Å². The molecule has 9 nitrogen and oxygen atoms in total. The Morgan fingerprint density at radius 2 is 1.18 bits per heavy atom. The Morgan fingerprint density at radius 3 is 1.61 bits per heavy atom. The number of nitrogen functional groups attached to an aromatic ring is 3. The van der Waals surface area contributed by atoms with Gasteiger partial charge in [-0.15, -0.1) is 0 Å². The third kappa shape index (κ3) is 6.72. The van der Waals surface area contributed by atoms with E-state index in [1.54, 1.807) is 20.8 Å². The summed E-state index contributed by atoms with van der Waals surface area (Å²) in [6.07, 6.45) is -0.905. The predicted molar refractivity (Wildman–Crippen MR) is 174 cm³/mol. The lowest BCUT2D eigenvalue weighted by atomic mass is 9.91. The largest absolute Gasteiger partial charge is 0.487 e. The van der Waals surface area contributed by atoms with Crippen LogP contribution >= 0.6 is 0 Å². The number of esters is 1. The van der Waals surface area contributed by atoms with Gasteiger partial charge in [0.05, 0.1) is 13.7 Å². The molecule has 0 aromatic heterocycles. The van der Waals surface area contributed by atoms with Crippen LogP contribution in [0.4, 0.5) is 21.9 Å². The lowest BCUT2D eigenvalue weighted by molar-refractivity contribution is -0.145. The first-order chi connectivity index (χ1) is 20.9. The molecule has 6 N–H and O–H groups in total. The molecular weight excluding hydrogens is 556 g/mol. The highest BCUT2D eigenvalue weighted by Gasteiger charge is 2.43. The fraction of sp³-hybridized carbons (Fsp3) is 0.257. The van der Waals surface area contributed by atoms with Crippen molar-refractivity contribution in [1.29, 1.82) is 0 Å². The van der Waals surface area contributed by atoms with Gasteiger partial charge in [-0.2, -0.15) is 0 Å². The summed E-state index contributed by atoms with van der Waals surface area (Å²) in [6.45, 7) is 5.48. The van der Waals surface area contributed by atoms with Crippen molar-refractivity contribution in [2.45, 2.75) is 44.9 Å². The molecule has 0 unspecified atom stereocenters. The fourth-order valence-electron chi connectivity index (χ4n) is 5.28. The molecule has 1 aliphatic rings. The second kappa shape index (κ2) is 12.2. The van der Waals surface area contributed by atoms with E-state index in [1.165, 1.54) is 12.0 Å². The summed E-state index contributed by atoms with van der Waals surface area (Å²) in [5.74, 6) is 0.0663. The van der Waals surface area contributed by atoms with Crippen molar-refractivity contribution >= 4 is 29.1 Å². The maximum Gasteiger partial charge on any atom is 0.411 e. The summed E-state index contributed by atoms with van der Waals surface area (Å²) in [4.78, 5) is 27.3. The van der Waals surface area contributed by atoms with E-state index < -0.39 is 29.8 Å². The van der Waals surface area contributed by atoms with Crippen LogP contribution in [0.1, 0.15) is 27.2 Å². The van der Waals surface area contributed by atoms with E-state index in [2.05, 4.69) is 12.1 Å². The first-order valence-electron chi connectivity index (χ1n) is 14.4. The quantitative estimate of drug-likeness (QED) is 0.173. The molecule has 1 aliphatic heterocycles. The molecule has 0 spiro atoms. The number of methoxy groups -OCH3 is 1. The Morgan fingerprint density at radius 1 is 0.727 bits per heavy atom. The number of benzene rings is 4. The minimum atomic E-state index is -0.853. The molecule has 5 rings (SSSR count). The Bertz CT molecular complexity index is 1580. The smallest absolute Gasteiger partial charge is 0.411 e. The topological polar surface area (TPSA) is 143 Å². The van der Waals surface area contributed by atoms with Crippen molar-refractivity contribution in [2.24, 2.45) is 0 Å². The van der Waals surface area contributed by atoms with Crippen LogP contribution in [0.25, 0.3) is 33.4 Å². The van der Waals surface area contributed by atoms with Crippen molar-refractivity contribution < 1.29 is 23.8 Å². The molecule has 0 aliphatic carbocycles. The van der Waals surface area contributed by atoms with Crippen molar-refractivity contribution in [1.82, 2.24) is 4.90 Å². The zero-order valence-corrected chi connectivity index (χ0v) is 25.4. The lowest BCUT2D eigenvalue weighted by Gasteiger charge is -2.27. The third-order valence-electron chi connectivity index (χ3n) is 7.42. The number of carbonyl (C=O) groups is 2. The standard InChI is InChI=1S/C35H38N4O5/c1-35(2,3)44-34(41)39-20-28(19-31(39)33(40)42-4)43-32-29(22-7-13-26(37)14-8-22)17-24(21-5-11-25(36)12-6-21)18-30(32)23-9-15-27(38)16-10-23/h5-18,28,31H,19-20,36-38H2,1-4H3/t28-,31-/m0/s1. The summed E-state index contributed by atoms with van der Waals surface area (Å²) >= 11 is 0. The number of ether oxygens (including phenoxy) is 3. The molecule has 4 aromatic rings. The van der Waals surface area contributed by atoms with Crippen molar-refractivity contribution in [2.75, 3.05) is 30.9 Å². The Hall–Kier alpha value is -5.18. The molecule has 44 heavy (non-hydrogen) atoms. The van der Waals surface area contributed by atoms with E-state index >= 15 is 0 Å². The normalized spacial score (nSPS) is 16.4. The molecule has 1 amide bonds. The van der Waals surface area contributed by atoms with E-state index in [9.17, 15) is 9.59 Å². The van der Waals surface area contributed by atoms with Crippen molar-refractivity contribution in [3.63, 3.8) is 0 Å². The summed E-state index contributed by atoms with van der Waals surface area (Å²) in [7, 11) is 1.30. The summed E-state index contributed by atoms with van der Waals surface area (Å²) in [5.41, 5.74) is 24.6. The Labute approximate surface area is 257 Å². The minimum absolute atomic E-state index is 0.136. The SMILES string of the molecule is COC(=O)[C@@H]1C[C@H](Oc2c(-c3ccc(N)cc3)cc(-c3ccc(N)cc3)cc2-c2ccc(N)cc2)CN1C(=O)OC(C)(C)C. The highest BCUT2D eigenvalue weighted by atomic mass is 16.6. The molecule has 0 saturated carbocycles. The van der Waals surface area contributed by atoms with Crippen LogP contribution in [0.3, 0.4) is 0 Å². The summed E-state index contributed by atoms with van der Waals surface area (Å²) in [5, 5.41) is 0. The third-order valence-corrected chi connectivity index (χ3v) is 7.42. The zero-order chi connectivity index (χ0) is 31.6. The molecular formula is C35H38N4O5. The Balaban J connectivity index is 1.65. The number of hydrogen-bond donors (Lipinski definition) is 3. The Kier molecular flexibility index (Phi) is 8.40. The van der Waals surface area contributed by atoms with E-state index in [0.717, 1.165) is 33.4 Å². The van der Waals surface area contributed by atoms with Gasteiger partial charge in [-0.25, -0.2) is 9.59 Å². The van der Waals surface area contributed by atoms with Gasteiger partial charge in [-0.05, 0) is 91.6 Å². The fourth-order valence-corrected chi connectivity index (χ4v) is 5.28. The molecule has 1 heterocycles. The van der Waals surface area contributed by atoms with Crippen LogP contribution in [0.2, 0.25) is 0 Å². The van der Waals surface area contributed by atoms with Gasteiger partial charge in [0, 0.05) is 34.6 Å². The second-order valence-electron chi connectivity index (χ2n) is 11.9. The molecule has 1 saturated heterocycles. The molecule has 228 valence electrons. The maximum absolute atomic E-state index is 13.2. The van der Waals surface area contributed by atoms with Crippen molar-refractivity contribution in [3.05, 3.63) is 84.9 Å². The van der Waals surface area contributed by atoms with Gasteiger partial charge in [0.1, 0.15) is 23.5 Å². The van der Waals surface area contributed by atoms with Crippen LogP contribution in [0.5, 0.6) is 5.75 Å². The molecule has 4 aromatic carbocycles. The molecule has 2 atom stereocenters. The average Bonchev–Trinajstić information content (AvgIpc) is 3.41. The molecule has 0 bridgehead atoms. The number of hydrogen-bond acceptors (Lipinski definition) is 8. The van der Waals surface area contributed by atoms with Gasteiger partial charge in [0.25, 0.3) is 0 Å². The van der Waals surface area contributed by atoms with Crippen LogP contribution in [-0.2, 0) is 14.3 Å². The number of amides is 1. The average molecular weight is 595 g/mol. The molecule has 9 heteroatoms. The number of rotatable bonds is 6. The van der Waals surface area contributed by atoms with Gasteiger partial charge in [-0.3, -0.25) is 4.90 Å². The molecule has 0 radical (unpaired) electrons. The maximum atomic E-state index is 13.2. The minimum Gasteiger partial charge on any atom is -0.487 e. The summed E-state index contributed by atoms with van der Waals surface area (Å²) in [6, 6.07) is 26.1.